The van der Waals surface area contributed by atoms with E-state index >= 15 is 0 Å². The van der Waals surface area contributed by atoms with Crippen LogP contribution < -0.4 is 5.32 Å². The van der Waals surface area contributed by atoms with Crippen molar-refractivity contribution in [2.45, 2.75) is 6.54 Å². The lowest BCUT2D eigenvalue weighted by Gasteiger charge is -2.08. The summed E-state index contributed by atoms with van der Waals surface area (Å²) in [6.07, 6.45) is 1.62. The molecule has 7 heteroatoms. The van der Waals surface area contributed by atoms with Gasteiger partial charge < -0.3 is 10.4 Å². The van der Waals surface area contributed by atoms with Crippen LogP contribution in [0.2, 0.25) is 4.47 Å². The summed E-state index contributed by atoms with van der Waals surface area (Å²) in [6, 6.07) is 6.35. The van der Waals surface area contributed by atoms with Gasteiger partial charge in [-0.3, -0.25) is 0 Å². The van der Waals surface area contributed by atoms with Crippen molar-refractivity contribution in [3.8, 4) is 6.07 Å². The number of carboxylic acids is 1. The van der Waals surface area contributed by atoms with Gasteiger partial charge in [0, 0.05) is 11.1 Å². The normalized spacial score (nSPS) is 9.89. The predicted octanol–water partition coefficient (Wildman–Crippen LogP) is 2.98. The topological polar surface area (TPSA) is 86.0 Å². The summed E-state index contributed by atoms with van der Waals surface area (Å²) in [5.41, 5.74) is 0.917. The molecule has 0 aliphatic rings. The summed E-state index contributed by atoms with van der Waals surface area (Å²) >= 11 is 7.02. The largest absolute Gasteiger partial charge is 0.478 e. The molecule has 2 N–H and O–H groups in total. The SMILES string of the molecule is N#Cc1ccc(C(=O)O)c(NCc2cnc(Cl)s2)c1. The zero-order valence-corrected chi connectivity index (χ0v) is 11.1. The number of hydrogen-bond donors (Lipinski definition) is 2. The van der Waals surface area contributed by atoms with E-state index in [0.717, 1.165) is 4.88 Å². The minimum atomic E-state index is -1.05. The fraction of sp³-hybridized carbons (Fsp3) is 0.0833. The van der Waals surface area contributed by atoms with E-state index in [9.17, 15) is 4.79 Å². The lowest BCUT2D eigenvalue weighted by Crippen LogP contribution is -2.06. The van der Waals surface area contributed by atoms with E-state index < -0.39 is 5.97 Å². The number of nitrogens with zero attached hydrogens (tertiary/aromatic N) is 2. The Hall–Kier alpha value is -2.10. The van der Waals surface area contributed by atoms with Crippen molar-refractivity contribution in [3.63, 3.8) is 0 Å². The van der Waals surface area contributed by atoms with E-state index in [-0.39, 0.29) is 5.56 Å². The molecule has 0 atom stereocenters. The van der Waals surface area contributed by atoms with E-state index in [1.54, 1.807) is 6.20 Å². The molecule has 19 heavy (non-hydrogen) atoms. The lowest BCUT2D eigenvalue weighted by atomic mass is 10.1. The number of carboxylic acid groups (broad SMARTS) is 1. The van der Waals surface area contributed by atoms with Crippen molar-refractivity contribution >= 4 is 34.6 Å². The Labute approximate surface area is 118 Å². The summed E-state index contributed by atoms with van der Waals surface area (Å²) in [7, 11) is 0. The summed E-state index contributed by atoms with van der Waals surface area (Å²) in [5.74, 6) is -1.05. The molecule has 0 radical (unpaired) electrons. The smallest absolute Gasteiger partial charge is 0.337 e. The van der Waals surface area contributed by atoms with Crippen molar-refractivity contribution in [1.82, 2.24) is 4.98 Å². The maximum atomic E-state index is 11.1. The first-order chi connectivity index (χ1) is 9.10. The van der Waals surface area contributed by atoms with Crippen molar-refractivity contribution in [2.24, 2.45) is 0 Å². The number of anilines is 1. The van der Waals surface area contributed by atoms with E-state index in [0.29, 0.717) is 22.3 Å². The predicted molar refractivity (Wildman–Crippen MR) is 72.6 cm³/mol. The zero-order chi connectivity index (χ0) is 13.8. The summed E-state index contributed by atoms with van der Waals surface area (Å²) in [6.45, 7) is 0.402. The molecule has 2 aromatic rings. The minimum absolute atomic E-state index is 0.120. The minimum Gasteiger partial charge on any atom is -0.478 e. The molecule has 0 bridgehead atoms. The molecule has 0 unspecified atom stereocenters. The Balaban J connectivity index is 2.22. The van der Waals surface area contributed by atoms with Gasteiger partial charge in [-0.05, 0) is 18.2 Å². The average Bonchev–Trinajstić information content (AvgIpc) is 2.81. The fourth-order valence-corrected chi connectivity index (χ4v) is 2.41. The Bertz CT molecular complexity index is 663. The van der Waals surface area contributed by atoms with Crippen LogP contribution in [0, 0.1) is 11.3 Å². The van der Waals surface area contributed by atoms with Crippen molar-refractivity contribution < 1.29 is 9.90 Å². The van der Waals surface area contributed by atoms with E-state index in [2.05, 4.69) is 10.3 Å². The molecule has 0 saturated carbocycles. The first-order valence-corrected chi connectivity index (χ1v) is 6.41. The molecule has 0 fully saturated rings. The highest BCUT2D eigenvalue weighted by Gasteiger charge is 2.11. The third kappa shape index (κ3) is 3.22. The van der Waals surface area contributed by atoms with Crippen LogP contribution in [0.4, 0.5) is 5.69 Å². The second-order valence-corrected chi connectivity index (χ2v) is 5.31. The van der Waals surface area contributed by atoms with Gasteiger partial charge in [-0.1, -0.05) is 11.6 Å². The van der Waals surface area contributed by atoms with E-state index in [4.69, 9.17) is 22.0 Å². The lowest BCUT2D eigenvalue weighted by molar-refractivity contribution is 0.0698. The summed E-state index contributed by atoms with van der Waals surface area (Å²) in [5, 5.41) is 20.9. The molecule has 96 valence electrons. The number of rotatable bonds is 4. The van der Waals surface area contributed by atoms with Gasteiger partial charge in [0.2, 0.25) is 0 Å². The number of carbonyl (C=O) groups is 1. The van der Waals surface area contributed by atoms with Gasteiger partial charge in [0.1, 0.15) is 0 Å². The third-order valence-electron chi connectivity index (χ3n) is 2.36. The molecule has 0 amide bonds. The van der Waals surface area contributed by atoms with Crippen LogP contribution in [-0.4, -0.2) is 16.1 Å². The fourth-order valence-electron chi connectivity index (χ4n) is 1.49. The number of nitrogens with one attached hydrogen (secondary N) is 1. The second-order valence-electron chi connectivity index (χ2n) is 3.61. The third-order valence-corrected chi connectivity index (χ3v) is 3.47. The molecule has 1 aromatic carbocycles. The molecule has 0 aliphatic heterocycles. The number of aromatic nitrogens is 1. The van der Waals surface area contributed by atoms with Crippen LogP contribution in [0.3, 0.4) is 0 Å². The average molecular weight is 294 g/mol. The van der Waals surface area contributed by atoms with Crippen LogP contribution in [0.5, 0.6) is 0 Å². The van der Waals surface area contributed by atoms with Gasteiger partial charge in [0.25, 0.3) is 0 Å². The van der Waals surface area contributed by atoms with Crippen LogP contribution in [-0.2, 0) is 6.54 Å². The van der Waals surface area contributed by atoms with Gasteiger partial charge in [-0.25, -0.2) is 9.78 Å². The molecule has 1 aromatic heterocycles. The first kappa shape index (κ1) is 13.3. The van der Waals surface area contributed by atoms with E-state index in [1.807, 2.05) is 6.07 Å². The maximum Gasteiger partial charge on any atom is 0.337 e. The van der Waals surface area contributed by atoms with Gasteiger partial charge in [-0.15, -0.1) is 11.3 Å². The maximum absolute atomic E-state index is 11.1. The van der Waals surface area contributed by atoms with Crippen molar-refractivity contribution in [1.29, 1.82) is 5.26 Å². The van der Waals surface area contributed by atoms with Gasteiger partial charge in [0.05, 0.1) is 29.4 Å². The molecule has 1 heterocycles. The Morgan fingerprint density at radius 1 is 1.58 bits per heavy atom. The van der Waals surface area contributed by atoms with Crippen LogP contribution >= 0.6 is 22.9 Å². The van der Waals surface area contributed by atoms with Crippen LogP contribution in [0.1, 0.15) is 20.8 Å². The summed E-state index contributed by atoms with van der Waals surface area (Å²) < 4.78 is 0.432. The summed E-state index contributed by atoms with van der Waals surface area (Å²) in [4.78, 5) is 15.9. The number of aromatic carboxylic acids is 1. The molecule has 0 aliphatic carbocycles. The Kier molecular flexibility index (Phi) is 4.00. The standard InChI is InChI=1S/C12H8ClN3O2S/c13-12-16-6-8(19-12)5-15-10-3-7(4-14)1-2-9(10)11(17)18/h1-3,6,15H,5H2,(H,17,18). The van der Waals surface area contributed by atoms with Crippen LogP contribution in [0.15, 0.2) is 24.4 Å². The van der Waals surface area contributed by atoms with Gasteiger partial charge in [-0.2, -0.15) is 5.26 Å². The number of hydrogen-bond acceptors (Lipinski definition) is 5. The van der Waals surface area contributed by atoms with Crippen molar-refractivity contribution in [3.05, 3.63) is 44.9 Å². The Morgan fingerprint density at radius 3 is 2.95 bits per heavy atom. The number of nitriles is 1. The van der Waals surface area contributed by atoms with E-state index in [1.165, 1.54) is 29.5 Å². The highest BCUT2D eigenvalue weighted by atomic mass is 35.5. The first-order valence-electron chi connectivity index (χ1n) is 5.21. The number of benzene rings is 1. The monoisotopic (exact) mass is 293 g/mol. The van der Waals surface area contributed by atoms with Crippen LogP contribution in [0.25, 0.3) is 0 Å². The zero-order valence-electron chi connectivity index (χ0n) is 9.55. The molecule has 5 nitrogen and oxygen atoms in total. The van der Waals surface area contributed by atoms with Gasteiger partial charge >= 0.3 is 5.97 Å². The second kappa shape index (κ2) is 5.69. The molecular weight excluding hydrogens is 286 g/mol. The molecular formula is C12H8ClN3O2S. The molecule has 0 saturated heterocycles. The highest BCUT2D eigenvalue weighted by molar-refractivity contribution is 7.15. The number of halogens is 1. The quantitative estimate of drug-likeness (QED) is 0.905. The number of thiazole rings is 1. The molecule has 0 spiro atoms. The highest BCUT2D eigenvalue weighted by Crippen LogP contribution is 2.22. The molecule has 2 rings (SSSR count). The van der Waals surface area contributed by atoms with Gasteiger partial charge in [0.15, 0.2) is 4.47 Å². The Morgan fingerprint density at radius 2 is 2.37 bits per heavy atom. The van der Waals surface area contributed by atoms with Crippen molar-refractivity contribution in [2.75, 3.05) is 5.32 Å².